The van der Waals surface area contributed by atoms with Crippen molar-refractivity contribution in [1.82, 2.24) is 5.01 Å². The molecule has 0 aromatic heterocycles. The van der Waals surface area contributed by atoms with Crippen LogP contribution in [0.2, 0.25) is 0 Å². The molecule has 0 amide bonds. The fourth-order valence-corrected chi connectivity index (χ4v) is 4.44. The number of carbonyl (C=O) groups is 1. The summed E-state index contributed by atoms with van der Waals surface area (Å²) in [5, 5.41) is 26.0. The van der Waals surface area contributed by atoms with Gasteiger partial charge in [0.1, 0.15) is 17.9 Å². The van der Waals surface area contributed by atoms with Crippen LogP contribution in [0.5, 0.6) is 0 Å². The highest BCUT2D eigenvalue weighted by atomic mass is 16.1. The molecule has 2 aromatic carbocycles. The molecule has 132 valence electrons. The molecule has 0 spiro atoms. The molecule has 0 unspecified atom stereocenters. The molecule has 1 saturated heterocycles. The van der Waals surface area contributed by atoms with Crippen LogP contribution in [0.3, 0.4) is 0 Å². The van der Waals surface area contributed by atoms with E-state index in [1.165, 1.54) is 6.92 Å². The van der Waals surface area contributed by atoms with Gasteiger partial charge in [-0.3, -0.25) is 9.80 Å². The van der Waals surface area contributed by atoms with Crippen LogP contribution in [0.4, 0.5) is 0 Å². The summed E-state index contributed by atoms with van der Waals surface area (Å²) in [6.45, 7) is 3.46. The van der Waals surface area contributed by atoms with Gasteiger partial charge < -0.3 is 0 Å². The number of aryl methyl sites for hydroxylation is 1. The van der Waals surface area contributed by atoms with E-state index < -0.39 is 11.5 Å². The van der Waals surface area contributed by atoms with Crippen molar-refractivity contribution in [3.63, 3.8) is 0 Å². The van der Waals surface area contributed by atoms with Gasteiger partial charge >= 0.3 is 0 Å². The Morgan fingerprint density at radius 2 is 1.78 bits per heavy atom. The van der Waals surface area contributed by atoms with Gasteiger partial charge in [0.15, 0.2) is 0 Å². The SMILES string of the molecule is CC(=O)[C@H]1[C@H](c2ccc(C)cc2)[C@@H]2c3ccccc3C=NN2C1(C#N)C#N. The highest BCUT2D eigenvalue weighted by Gasteiger charge is 2.63. The molecule has 2 aromatic rings. The van der Waals surface area contributed by atoms with Crippen LogP contribution in [0.15, 0.2) is 53.6 Å². The molecule has 0 saturated carbocycles. The molecule has 2 heterocycles. The van der Waals surface area contributed by atoms with E-state index in [9.17, 15) is 15.3 Å². The Bertz CT molecular complexity index is 1010. The number of carbonyl (C=O) groups excluding carboxylic acids is 1. The second kappa shape index (κ2) is 6.07. The maximum atomic E-state index is 12.7. The van der Waals surface area contributed by atoms with Gasteiger partial charge in [-0.05, 0) is 30.5 Å². The van der Waals surface area contributed by atoms with Crippen molar-refractivity contribution in [2.24, 2.45) is 11.0 Å². The lowest BCUT2D eigenvalue weighted by atomic mass is 9.73. The Balaban J connectivity index is 2.01. The second-order valence-electron chi connectivity index (χ2n) is 7.18. The highest BCUT2D eigenvalue weighted by molar-refractivity contribution is 5.87. The molecule has 0 bridgehead atoms. The lowest BCUT2D eigenvalue weighted by molar-refractivity contribution is -0.122. The first-order valence-electron chi connectivity index (χ1n) is 8.85. The lowest BCUT2D eigenvalue weighted by Crippen LogP contribution is -2.46. The zero-order valence-corrected chi connectivity index (χ0v) is 15.1. The number of nitriles is 2. The summed E-state index contributed by atoms with van der Waals surface area (Å²) in [5.41, 5.74) is 2.36. The van der Waals surface area contributed by atoms with Gasteiger partial charge in [-0.1, -0.05) is 54.1 Å². The monoisotopic (exact) mass is 354 g/mol. The van der Waals surface area contributed by atoms with Crippen LogP contribution in [-0.2, 0) is 4.79 Å². The first-order valence-corrected chi connectivity index (χ1v) is 8.85. The predicted molar refractivity (Wildman–Crippen MR) is 101 cm³/mol. The van der Waals surface area contributed by atoms with Gasteiger partial charge in [0, 0.05) is 5.92 Å². The molecule has 0 N–H and O–H groups in total. The minimum Gasteiger partial charge on any atom is -0.300 e. The van der Waals surface area contributed by atoms with E-state index in [-0.39, 0.29) is 17.7 Å². The molecule has 0 radical (unpaired) electrons. The van der Waals surface area contributed by atoms with E-state index in [0.29, 0.717) is 0 Å². The minimum atomic E-state index is -1.63. The van der Waals surface area contributed by atoms with Gasteiger partial charge in [0.2, 0.25) is 5.54 Å². The Hall–Kier alpha value is -3.44. The van der Waals surface area contributed by atoms with Gasteiger partial charge in [-0.2, -0.15) is 15.6 Å². The van der Waals surface area contributed by atoms with Crippen molar-refractivity contribution < 1.29 is 4.79 Å². The molecule has 2 aliphatic heterocycles. The first-order chi connectivity index (χ1) is 13.0. The summed E-state index contributed by atoms with van der Waals surface area (Å²) < 4.78 is 0. The summed E-state index contributed by atoms with van der Waals surface area (Å²) in [7, 11) is 0. The number of fused-ring (bicyclic) bond motifs is 3. The van der Waals surface area contributed by atoms with Crippen LogP contribution >= 0.6 is 0 Å². The van der Waals surface area contributed by atoms with Crippen molar-refractivity contribution in [3.8, 4) is 12.1 Å². The first kappa shape index (κ1) is 17.0. The standard InChI is InChI=1S/C22H18N4O/c1-14-7-9-16(10-8-14)19-20(15(2)27)22(12-23,13-24)26-21(19)18-6-4-3-5-17(18)11-25-26/h3-11,19-21H,1-2H3/t19-,20-,21-/m0/s1. The maximum absolute atomic E-state index is 12.7. The average molecular weight is 354 g/mol. The molecule has 5 heteroatoms. The Morgan fingerprint density at radius 3 is 2.41 bits per heavy atom. The van der Waals surface area contributed by atoms with Crippen LogP contribution in [0, 0.1) is 35.5 Å². The highest BCUT2D eigenvalue weighted by Crippen LogP contribution is 2.57. The minimum absolute atomic E-state index is 0.175. The Labute approximate surface area is 158 Å². The third-order valence-electron chi connectivity index (χ3n) is 5.65. The third-order valence-corrected chi connectivity index (χ3v) is 5.65. The molecular weight excluding hydrogens is 336 g/mol. The number of benzene rings is 2. The van der Waals surface area contributed by atoms with Crippen LogP contribution in [0.1, 0.15) is 41.1 Å². The largest absolute Gasteiger partial charge is 0.300 e. The van der Waals surface area contributed by atoms with Gasteiger partial charge in [-0.15, -0.1) is 0 Å². The smallest absolute Gasteiger partial charge is 0.240 e. The van der Waals surface area contributed by atoms with Gasteiger partial charge in [0.05, 0.1) is 18.2 Å². The molecule has 3 atom stereocenters. The number of hydrogen-bond acceptors (Lipinski definition) is 5. The number of nitrogens with zero attached hydrogens (tertiary/aromatic N) is 4. The van der Waals surface area contributed by atoms with Crippen LogP contribution < -0.4 is 0 Å². The topological polar surface area (TPSA) is 80.2 Å². The Kier molecular flexibility index (Phi) is 3.82. The number of rotatable bonds is 2. The lowest BCUT2D eigenvalue weighted by Gasteiger charge is -2.33. The summed E-state index contributed by atoms with van der Waals surface area (Å²) in [6.07, 6.45) is 1.67. The summed E-state index contributed by atoms with van der Waals surface area (Å²) in [5.74, 6) is -1.30. The number of hydrogen-bond donors (Lipinski definition) is 0. The van der Waals surface area contributed by atoms with Gasteiger partial charge in [-0.25, -0.2) is 0 Å². The number of ketones is 1. The quantitative estimate of drug-likeness (QED) is 0.827. The summed E-state index contributed by atoms with van der Waals surface area (Å²) in [6, 6.07) is 19.7. The zero-order chi connectivity index (χ0) is 19.2. The molecule has 27 heavy (non-hydrogen) atoms. The van der Waals surface area contributed by atoms with Crippen molar-refractivity contribution in [1.29, 1.82) is 10.5 Å². The molecular formula is C22H18N4O. The summed E-state index contributed by atoms with van der Waals surface area (Å²) in [4.78, 5) is 12.7. The zero-order valence-electron chi connectivity index (χ0n) is 15.1. The van der Waals surface area contributed by atoms with Crippen molar-refractivity contribution >= 4 is 12.0 Å². The molecule has 4 rings (SSSR count). The molecule has 2 aliphatic rings. The third kappa shape index (κ3) is 2.29. The fraction of sp³-hybridized carbons (Fsp3) is 0.273. The number of hydrazone groups is 1. The summed E-state index contributed by atoms with van der Waals surface area (Å²) >= 11 is 0. The van der Waals surface area contributed by atoms with E-state index in [2.05, 4.69) is 17.2 Å². The van der Waals surface area contributed by atoms with E-state index in [1.54, 1.807) is 11.2 Å². The fourth-order valence-electron chi connectivity index (χ4n) is 4.44. The van der Waals surface area contributed by atoms with Crippen LogP contribution in [-0.4, -0.2) is 22.5 Å². The van der Waals surface area contributed by atoms with E-state index in [0.717, 1.165) is 22.3 Å². The number of Topliss-reactive ketones (excluding diaryl/α,β-unsaturated/α-hetero) is 1. The molecule has 1 fully saturated rings. The predicted octanol–water partition coefficient (Wildman–Crippen LogP) is 3.47. The maximum Gasteiger partial charge on any atom is 0.240 e. The van der Waals surface area contributed by atoms with E-state index in [4.69, 9.17) is 0 Å². The van der Waals surface area contributed by atoms with E-state index in [1.807, 2.05) is 55.5 Å². The Morgan fingerprint density at radius 1 is 1.11 bits per heavy atom. The van der Waals surface area contributed by atoms with Crippen LogP contribution in [0.25, 0.3) is 0 Å². The normalized spacial score (nSPS) is 24.4. The van der Waals surface area contributed by atoms with Crippen molar-refractivity contribution in [2.75, 3.05) is 0 Å². The molecule has 0 aliphatic carbocycles. The second-order valence-corrected chi connectivity index (χ2v) is 7.18. The van der Waals surface area contributed by atoms with E-state index >= 15 is 0 Å². The molecule has 5 nitrogen and oxygen atoms in total. The van der Waals surface area contributed by atoms with Crippen molar-refractivity contribution in [3.05, 3.63) is 70.8 Å². The average Bonchev–Trinajstić information content (AvgIpc) is 3.00. The van der Waals surface area contributed by atoms with Crippen molar-refractivity contribution in [2.45, 2.75) is 31.3 Å². The van der Waals surface area contributed by atoms with Gasteiger partial charge in [0.25, 0.3) is 0 Å².